The summed E-state index contributed by atoms with van der Waals surface area (Å²) in [6.45, 7) is 4.88. The highest BCUT2D eigenvalue weighted by Gasteiger charge is 2.30. The van der Waals surface area contributed by atoms with Crippen LogP contribution in [0.15, 0.2) is 30.5 Å². The lowest BCUT2D eigenvalue weighted by Gasteiger charge is -2.30. The van der Waals surface area contributed by atoms with Crippen LogP contribution in [-0.2, 0) is 17.8 Å². The minimum Gasteiger partial charge on any atom is -0.347 e. The molecule has 0 saturated carbocycles. The molecular weight excluding hydrogens is 476 g/mol. The van der Waals surface area contributed by atoms with Crippen LogP contribution < -0.4 is 10.6 Å². The maximum absolute atomic E-state index is 13.3. The predicted molar refractivity (Wildman–Crippen MR) is 139 cm³/mol. The van der Waals surface area contributed by atoms with Crippen molar-refractivity contribution in [2.45, 2.75) is 51.2 Å². The van der Waals surface area contributed by atoms with E-state index in [4.69, 9.17) is 0 Å². The van der Waals surface area contributed by atoms with Gasteiger partial charge in [0.1, 0.15) is 6.04 Å². The number of fused-ring (bicyclic) bond motifs is 2. The number of carbonyl (C=O) groups excluding carboxylic acids is 3. The van der Waals surface area contributed by atoms with E-state index in [2.05, 4.69) is 32.8 Å². The number of aromatic nitrogens is 2. The Morgan fingerprint density at radius 3 is 2.89 bits per heavy atom. The molecule has 5 rings (SSSR count). The first-order chi connectivity index (χ1) is 17.4. The van der Waals surface area contributed by atoms with Gasteiger partial charge in [-0.25, -0.2) is 0 Å². The Bertz CT molecular complexity index is 1280. The molecule has 1 unspecified atom stereocenters. The van der Waals surface area contributed by atoms with E-state index in [1.165, 1.54) is 11.3 Å². The van der Waals surface area contributed by atoms with Crippen LogP contribution in [-0.4, -0.2) is 76.5 Å². The Kier molecular flexibility index (Phi) is 7.06. The summed E-state index contributed by atoms with van der Waals surface area (Å²) in [4.78, 5) is 45.0. The molecule has 3 amide bonds. The van der Waals surface area contributed by atoms with Crippen molar-refractivity contribution in [3.63, 3.8) is 0 Å². The maximum Gasteiger partial charge on any atom is 0.261 e. The second-order valence-electron chi connectivity index (χ2n) is 9.75. The summed E-state index contributed by atoms with van der Waals surface area (Å²) in [6, 6.07) is 6.80. The highest BCUT2D eigenvalue weighted by atomic mass is 32.1. The Morgan fingerprint density at radius 2 is 2.08 bits per heavy atom. The van der Waals surface area contributed by atoms with Gasteiger partial charge >= 0.3 is 0 Å². The number of thiophene rings is 1. The second kappa shape index (κ2) is 10.4. The van der Waals surface area contributed by atoms with E-state index in [-0.39, 0.29) is 23.8 Å². The Morgan fingerprint density at radius 1 is 1.22 bits per heavy atom. The van der Waals surface area contributed by atoms with E-state index < -0.39 is 6.04 Å². The van der Waals surface area contributed by atoms with Crippen LogP contribution in [0.5, 0.6) is 0 Å². The summed E-state index contributed by atoms with van der Waals surface area (Å²) in [5.74, 6) is -0.400. The number of benzene rings is 1. The number of H-pyrrole nitrogens is 1. The van der Waals surface area contributed by atoms with E-state index in [0.717, 1.165) is 47.3 Å². The first-order valence-corrected chi connectivity index (χ1v) is 13.4. The van der Waals surface area contributed by atoms with Gasteiger partial charge < -0.3 is 20.4 Å². The van der Waals surface area contributed by atoms with Crippen molar-refractivity contribution in [2.75, 3.05) is 26.7 Å². The molecule has 2 aromatic heterocycles. The van der Waals surface area contributed by atoms with Crippen LogP contribution in [0.25, 0.3) is 10.9 Å². The summed E-state index contributed by atoms with van der Waals surface area (Å²) in [5, 5.41) is 13.8. The van der Waals surface area contributed by atoms with Crippen molar-refractivity contribution in [1.82, 2.24) is 30.6 Å². The first kappa shape index (κ1) is 24.5. The molecule has 10 heteroatoms. The number of hydrogen-bond donors (Lipinski definition) is 3. The van der Waals surface area contributed by atoms with Gasteiger partial charge in [-0.3, -0.25) is 19.5 Å². The van der Waals surface area contributed by atoms with Crippen LogP contribution in [0, 0.1) is 0 Å². The highest BCUT2D eigenvalue weighted by Crippen LogP contribution is 2.29. The molecule has 1 saturated heterocycles. The van der Waals surface area contributed by atoms with E-state index in [1.54, 1.807) is 23.2 Å². The van der Waals surface area contributed by atoms with Crippen molar-refractivity contribution in [3.8, 4) is 0 Å². The molecule has 2 aliphatic heterocycles. The fourth-order valence-electron chi connectivity index (χ4n) is 5.06. The number of rotatable bonds is 6. The van der Waals surface area contributed by atoms with Crippen molar-refractivity contribution < 1.29 is 14.4 Å². The van der Waals surface area contributed by atoms with Crippen molar-refractivity contribution >= 4 is 40.0 Å². The molecule has 1 fully saturated rings. The smallest absolute Gasteiger partial charge is 0.261 e. The number of amides is 3. The molecule has 0 aliphatic carbocycles. The molecule has 2 aliphatic rings. The van der Waals surface area contributed by atoms with Gasteiger partial charge in [0.2, 0.25) is 5.91 Å². The van der Waals surface area contributed by atoms with Crippen LogP contribution >= 0.6 is 11.3 Å². The molecule has 0 bridgehead atoms. The van der Waals surface area contributed by atoms with Crippen molar-refractivity contribution in [1.29, 1.82) is 0 Å². The summed E-state index contributed by atoms with van der Waals surface area (Å²) in [6.07, 6.45) is 4.97. The fourth-order valence-corrected chi connectivity index (χ4v) is 6.12. The Labute approximate surface area is 214 Å². The molecular formula is C26H32N6O3S. The lowest BCUT2D eigenvalue weighted by Crippen LogP contribution is -2.49. The van der Waals surface area contributed by atoms with E-state index >= 15 is 0 Å². The topological polar surface area (TPSA) is 110 Å². The van der Waals surface area contributed by atoms with Gasteiger partial charge in [0.25, 0.3) is 11.8 Å². The summed E-state index contributed by atoms with van der Waals surface area (Å²) in [7, 11) is 2.08. The Balaban J connectivity index is 1.21. The molecule has 3 aromatic rings. The number of piperidine rings is 1. The molecule has 1 aromatic carbocycles. The fraction of sp³-hybridized carbons (Fsp3) is 0.462. The Hall–Kier alpha value is -3.24. The van der Waals surface area contributed by atoms with Crippen LogP contribution in [0.2, 0.25) is 0 Å². The minimum atomic E-state index is -0.608. The highest BCUT2D eigenvalue weighted by molar-refractivity contribution is 7.14. The number of aromatic amines is 1. The van der Waals surface area contributed by atoms with Gasteiger partial charge in [0.15, 0.2) is 0 Å². The maximum atomic E-state index is 13.3. The SMILES string of the molecule is CC[C@@H](NC(=O)c1ccc2[nH]ncc2c1)C(=O)N1CCc2sc(C(=O)NC3CCCN(C)C3)cc2C1. The molecule has 4 heterocycles. The quantitative estimate of drug-likeness (QED) is 0.474. The monoisotopic (exact) mass is 508 g/mol. The molecule has 9 nitrogen and oxygen atoms in total. The number of nitrogens with one attached hydrogen (secondary N) is 3. The number of hydrogen-bond acceptors (Lipinski definition) is 6. The van der Waals surface area contributed by atoms with Gasteiger partial charge in [-0.1, -0.05) is 6.92 Å². The second-order valence-corrected chi connectivity index (χ2v) is 10.9. The number of likely N-dealkylation sites (tertiary alicyclic amines) is 1. The third-order valence-electron chi connectivity index (χ3n) is 7.08. The third-order valence-corrected chi connectivity index (χ3v) is 8.31. The average Bonchev–Trinajstić information content (AvgIpc) is 3.52. The van der Waals surface area contributed by atoms with Gasteiger partial charge in [-0.2, -0.15) is 5.10 Å². The predicted octanol–water partition coefficient (Wildman–Crippen LogP) is 2.54. The molecule has 3 N–H and O–H groups in total. The van der Waals surface area contributed by atoms with Crippen molar-refractivity contribution in [3.05, 3.63) is 51.3 Å². The van der Waals surface area contributed by atoms with Gasteiger partial charge in [0, 0.05) is 41.5 Å². The molecule has 190 valence electrons. The van der Waals surface area contributed by atoms with E-state index in [9.17, 15) is 14.4 Å². The van der Waals surface area contributed by atoms with Gasteiger partial charge in [-0.15, -0.1) is 11.3 Å². The summed E-state index contributed by atoms with van der Waals surface area (Å²) in [5.41, 5.74) is 2.37. The zero-order valence-corrected chi connectivity index (χ0v) is 21.5. The van der Waals surface area contributed by atoms with Crippen LogP contribution in [0.4, 0.5) is 0 Å². The van der Waals surface area contributed by atoms with Crippen molar-refractivity contribution in [2.24, 2.45) is 0 Å². The summed E-state index contributed by atoms with van der Waals surface area (Å²) < 4.78 is 0. The van der Waals surface area contributed by atoms with Gasteiger partial charge in [0.05, 0.1) is 16.6 Å². The number of likely N-dealkylation sites (N-methyl/N-ethyl adjacent to an activating group) is 1. The molecule has 36 heavy (non-hydrogen) atoms. The largest absolute Gasteiger partial charge is 0.347 e. The first-order valence-electron chi connectivity index (χ1n) is 12.5. The zero-order valence-electron chi connectivity index (χ0n) is 20.7. The van der Waals surface area contributed by atoms with Crippen LogP contribution in [0.3, 0.4) is 0 Å². The van der Waals surface area contributed by atoms with E-state index in [1.807, 2.05) is 19.1 Å². The molecule has 2 atom stereocenters. The lowest BCUT2D eigenvalue weighted by molar-refractivity contribution is -0.134. The zero-order chi connectivity index (χ0) is 25.2. The molecule has 0 spiro atoms. The summed E-state index contributed by atoms with van der Waals surface area (Å²) >= 11 is 1.53. The minimum absolute atomic E-state index is 0.0270. The van der Waals surface area contributed by atoms with Crippen LogP contribution in [0.1, 0.15) is 56.7 Å². The standard InChI is InChI=1S/C26H32N6O3S/c1-3-20(29-24(33)16-6-7-21-17(11-16)13-27-30-21)26(35)32-10-8-22-18(14-32)12-23(36-22)25(34)28-19-5-4-9-31(2)15-19/h6-7,11-13,19-20H,3-5,8-10,14-15H2,1-2H3,(H,27,30)(H,28,34)(H,29,33)/t19?,20-/m1/s1. The number of nitrogens with zero attached hydrogens (tertiary/aromatic N) is 3. The normalized spacial score (nSPS) is 19.1. The number of carbonyl (C=O) groups is 3. The van der Waals surface area contributed by atoms with E-state index in [0.29, 0.717) is 36.4 Å². The molecule has 0 radical (unpaired) electrons. The van der Waals surface area contributed by atoms with Gasteiger partial charge in [-0.05, 0) is 69.1 Å². The third kappa shape index (κ3) is 5.15. The lowest BCUT2D eigenvalue weighted by atomic mass is 10.1. The average molecular weight is 509 g/mol.